The molecule has 0 fully saturated rings. The van der Waals surface area contributed by atoms with Crippen molar-refractivity contribution in [1.29, 1.82) is 0 Å². The molecule has 0 aliphatic rings. The van der Waals surface area contributed by atoms with Gasteiger partial charge in [-0.15, -0.1) is 11.3 Å². The van der Waals surface area contributed by atoms with Crippen LogP contribution in [0.25, 0.3) is 0 Å². The van der Waals surface area contributed by atoms with Crippen molar-refractivity contribution in [3.05, 3.63) is 34.3 Å². The molecule has 5 nitrogen and oxygen atoms in total. The fraction of sp³-hybridized carbons (Fsp3) is 0.385. The Hall–Kier alpha value is -1.66. The Morgan fingerprint density at radius 1 is 1.47 bits per heavy atom. The topological polar surface area (TPSA) is 67.1 Å². The Kier molecular flexibility index (Phi) is 4.34. The fourth-order valence-electron chi connectivity index (χ4n) is 1.89. The molecule has 3 N–H and O–H groups in total. The minimum atomic E-state index is 0.360. The van der Waals surface area contributed by atoms with E-state index in [1.165, 1.54) is 4.88 Å². The van der Waals surface area contributed by atoms with Crippen molar-refractivity contribution in [2.24, 2.45) is 5.84 Å². The van der Waals surface area contributed by atoms with Crippen molar-refractivity contribution < 1.29 is 0 Å². The molecule has 0 aromatic carbocycles. The third-order valence-corrected chi connectivity index (χ3v) is 3.97. The van der Waals surface area contributed by atoms with E-state index in [-0.39, 0.29) is 0 Å². The second-order valence-electron chi connectivity index (χ2n) is 4.55. The molecule has 6 heteroatoms. The minimum Gasteiger partial charge on any atom is -0.356 e. The second kappa shape index (κ2) is 5.99. The molecule has 2 aromatic rings. The highest BCUT2D eigenvalue weighted by atomic mass is 32.1. The van der Waals surface area contributed by atoms with E-state index in [2.05, 4.69) is 44.7 Å². The van der Waals surface area contributed by atoms with E-state index in [4.69, 9.17) is 5.84 Å². The maximum atomic E-state index is 5.42. The zero-order chi connectivity index (χ0) is 13.8. The van der Waals surface area contributed by atoms with E-state index in [0.717, 1.165) is 12.2 Å². The smallest absolute Gasteiger partial charge is 0.145 e. The van der Waals surface area contributed by atoms with Crippen LogP contribution in [0.4, 0.5) is 11.6 Å². The number of hydrogen-bond donors (Lipinski definition) is 2. The summed E-state index contributed by atoms with van der Waals surface area (Å²) in [4.78, 5) is 12.2. The van der Waals surface area contributed by atoms with E-state index >= 15 is 0 Å². The molecule has 1 unspecified atom stereocenters. The minimum absolute atomic E-state index is 0.360. The average molecular weight is 277 g/mol. The van der Waals surface area contributed by atoms with Gasteiger partial charge in [0.25, 0.3) is 0 Å². The summed E-state index contributed by atoms with van der Waals surface area (Å²) in [6.07, 6.45) is 1.00. The number of aryl methyl sites for hydroxylation is 1. The van der Waals surface area contributed by atoms with Gasteiger partial charge in [0.05, 0.1) is 0 Å². The van der Waals surface area contributed by atoms with Crippen LogP contribution < -0.4 is 16.2 Å². The van der Waals surface area contributed by atoms with Crippen LogP contribution in [0.3, 0.4) is 0 Å². The first kappa shape index (κ1) is 13.8. The summed E-state index contributed by atoms with van der Waals surface area (Å²) in [6.45, 7) is 4.05. The highest BCUT2D eigenvalue weighted by Crippen LogP contribution is 2.19. The first-order chi connectivity index (χ1) is 9.10. The maximum absolute atomic E-state index is 5.42. The number of rotatable bonds is 5. The Balaban J connectivity index is 2.14. The first-order valence-corrected chi connectivity index (χ1v) is 7.05. The van der Waals surface area contributed by atoms with E-state index in [9.17, 15) is 0 Å². The molecule has 1 atom stereocenters. The Labute approximate surface area is 117 Å². The highest BCUT2D eigenvalue weighted by Gasteiger charge is 2.14. The zero-order valence-corrected chi connectivity index (χ0v) is 12.2. The lowest BCUT2D eigenvalue weighted by atomic mass is 10.2. The largest absolute Gasteiger partial charge is 0.356 e. The van der Waals surface area contributed by atoms with Crippen LogP contribution in [0.2, 0.25) is 0 Å². The third-order valence-electron chi connectivity index (χ3n) is 3.07. The lowest BCUT2D eigenvalue weighted by molar-refractivity contribution is 0.678. The van der Waals surface area contributed by atoms with E-state index in [1.807, 2.05) is 20.0 Å². The SMILES string of the molecule is Cc1nc(NN)cc(N(C)C(C)Cc2cccs2)n1. The summed E-state index contributed by atoms with van der Waals surface area (Å²) in [5.41, 5.74) is 2.57. The summed E-state index contributed by atoms with van der Waals surface area (Å²) < 4.78 is 0. The quantitative estimate of drug-likeness (QED) is 0.648. The molecular formula is C13H19N5S. The van der Waals surface area contributed by atoms with Crippen molar-refractivity contribution in [3.63, 3.8) is 0 Å². The number of likely N-dealkylation sites (N-methyl/N-ethyl adjacent to an activating group) is 1. The van der Waals surface area contributed by atoms with Gasteiger partial charge in [0.2, 0.25) is 0 Å². The molecule has 0 radical (unpaired) electrons. The molecule has 0 amide bonds. The lowest BCUT2D eigenvalue weighted by Gasteiger charge is -2.26. The Morgan fingerprint density at radius 3 is 2.89 bits per heavy atom. The first-order valence-electron chi connectivity index (χ1n) is 6.17. The number of nitrogens with one attached hydrogen (secondary N) is 1. The molecule has 2 heterocycles. The number of nitrogens with two attached hydrogens (primary N) is 1. The van der Waals surface area contributed by atoms with Crippen LogP contribution in [-0.4, -0.2) is 23.1 Å². The number of hydrogen-bond acceptors (Lipinski definition) is 6. The predicted octanol–water partition coefficient (Wildman–Crippen LogP) is 2.20. The number of thiophene rings is 1. The standard InChI is InChI=1S/C13H19N5S/c1-9(7-11-5-4-6-19-11)18(3)13-8-12(17-14)15-10(2)16-13/h4-6,8-9H,7,14H2,1-3H3,(H,15,16,17). The lowest BCUT2D eigenvalue weighted by Crippen LogP contribution is -2.31. The molecule has 2 aromatic heterocycles. The Morgan fingerprint density at radius 2 is 2.26 bits per heavy atom. The molecule has 2 rings (SSSR count). The van der Waals surface area contributed by atoms with Crippen LogP contribution in [0.5, 0.6) is 0 Å². The van der Waals surface area contributed by atoms with Crippen molar-refractivity contribution >= 4 is 23.0 Å². The molecule has 0 aliphatic heterocycles. The van der Waals surface area contributed by atoms with Gasteiger partial charge in [-0.3, -0.25) is 0 Å². The molecule has 0 saturated heterocycles. The summed E-state index contributed by atoms with van der Waals surface area (Å²) in [5.74, 6) is 7.64. The van der Waals surface area contributed by atoms with Crippen LogP contribution in [0, 0.1) is 6.92 Å². The number of aromatic nitrogens is 2. The Bertz CT molecular complexity index is 526. The summed E-state index contributed by atoms with van der Waals surface area (Å²) in [6, 6.07) is 6.46. The monoisotopic (exact) mass is 277 g/mol. The normalized spacial score (nSPS) is 12.2. The van der Waals surface area contributed by atoms with Crippen LogP contribution in [0.1, 0.15) is 17.6 Å². The summed E-state index contributed by atoms with van der Waals surface area (Å²) in [5, 5.41) is 2.10. The van der Waals surface area contributed by atoms with Gasteiger partial charge >= 0.3 is 0 Å². The summed E-state index contributed by atoms with van der Waals surface area (Å²) in [7, 11) is 2.04. The molecule has 0 saturated carbocycles. The number of nitrogens with zero attached hydrogens (tertiary/aromatic N) is 3. The van der Waals surface area contributed by atoms with Crippen molar-refractivity contribution in [2.75, 3.05) is 17.4 Å². The van der Waals surface area contributed by atoms with Gasteiger partial charge in [0.15, 0.2) is 0 Å². The molecule has 0 spiro atoms. The van der Waals surface area contributed by atoms with Crippen LogP contribution in [0.15, 0.2) is 23.6 Å². The number of hydrazine groups is 1. The van der Waals surface area contributed by atoms with Gasteiger partial charge in [-0.2, -0.15) is 0 Å². The van der Waals surface area contributed by atoms with Gasteiger partial charge in [-0.1, -0.05) is 6.07 Å². The van der Waals surface area contributed by atoms with Gasteiger partial charge in [0, 0.05) is 30.5 Å². The van der Waals surface area contributed by atoms with Gasteiger partial charge in [-0.25, -0.2) is 15.8 Å². The zero-order valence-electron chi connectivity index (χ0n) is 11.4. The maximum Gasteiger partial charge on any atom is 0.145 e. The number of nitrogen functional groups attached to an aromatic ring is 1. The summed E-state index contributed by atoms with van der Waals surface area (Å²) >= 11 is 1.78. The molecular weight excluding hydrogens is 258 g/mol. The number of anilines is 2. The molecule has 0 bridgehead atoms. The van der Waals surface area contributed by atoms with Crippen LogP contribution >= 0.6 is 11.3 Å². The van der Waals surface area contributed by atoms with E-state index in [0.29, 0.717) is 17.7 Å². The van der Waals surface area contributed by atoms with E-state index < -0.39 is 0 Å². The molecule has 19 heavy (non-hydrogen) atoms. The highest BCUT2D eigenvalue weighted by molar-refractivity contribution is 7.09. The van der Waals surface area contributed by atoms with Crippen molar-refractivity contribution in [3.8, 4) is 0 Å². The van der Waals surface area contributed by atoms with E-state index in [1.54, 1.807) is 11.3 Å². The van der Waals surface area contributed by atoms with Gasteiger partial charge in [0.1, 0.15) is 17.5 Å². The second-order valence-corrected chi connectivity index (χ2v) is 5.58. The third kappa shape index (κ3) is 3.42. The molecule has 0 aliphatic carbocycles. The van der Waals surface area contributed by atoms with Gasteiger partial charge < -0.3 is 10.3 Å². The average Bonchev–Trinajstić information content (AvgIpc) is 2.89. The van der Waals surface area contributed by atoms with Crippen molar-refractivity contribution in [2.45, 2.75) is 26.3 Å². The van der Waals surface area contributed by atoms with Crippen molar-refractivity contribution in [1.82, 2.24) is 9.97 Å². The van der Waals surface area contributed by atoms with Crippen LogP contribution in [-0.2, 0) is 6.42 Å². The fourth-order valence-corrected chi connectivity index (χ4v) is 2.72. The molecule has 102 valence electrons. The predicted molar refractivity (Wildman–Crippen MR) is 80.5 cm³/mol. The van der Waals surface area contributed by atoms with Gasteiger partial charge in [-0.05, 0) is 25.3 Å².